The Morgan fingerprint density at radius 2 is 1.85 bits per heavy atom. The molecule has 6 nitrogen and oxygen atoms in total. The van der Waals surface area contributed by atoms with Crippen LogP contribution in [0.15, 0.2) is 60.9 Å². The molecule has 6 heteroatoms. The van der Waals surface area contributed by atoms with Crippen LogP contribution in [0.25, 0.3) is 28.2 Å². The molecule has 4 rings (SSSR count). The summed E-state index contributed by atoms with van der Waals surface area (Å²) in [5, 5.41) is 13.4. The monoisotopic (exact) mass is 354 g/mol. The Kier molecular flexibility index (Phi) is 4.27. The lowest BCUT2D eigenvalue weighted by Crippen LogP contribution is -2.19. The predicted molar refractivity (Wildman–Crippen MR) is 105 cm³/mol. The number of imidazole rings is 1. The molecule has 0 saturated carbocycles. The van der Waals surface area contributed by atoms with E-state index < -0.39 is 0 Å². The summed E-state index contributed by atoms with van der Waals surface area (Å²) in [6, 6.07) is 18.6. The minimum absolute atomic E-state index is 0.250. The topological polar surface area (TPSA) is 70.1 Å². The van der Waals surface area contributed by atoms with E-state index in [1.807, 2.05) is 37.5 Å². The molecule has 2 heterocycles. The van der Waals surface area contributed by atoms with Crippen molar-refractivity contribution in [2.75, 3.05) is 18.5 Å². The van der Waals surface area contributed by atoms with Crippen molar-refractivity contribution < 1.29 is 0 Å². The Balaban J connectivity index is 1.78. The van der Waals surface area contributed by atoms with Crippen molar-refractivity contribution in [2.24, 2.45) is 0 Å². The number of hydrogen-bond acceptors (Lipinski definition) is 5. The average molecular weight is 354 g/mol. The summed E-state index contributed by atoms with van der Waals surface area (Å²) < 4.78 is 1.66. The maximum atomic E-state index is 8.86. The smallest absolute Gasteiger partial charge is 0.251 e. The van der Waals surface area contributed by atoms with Gasteiger partial charge in [0.25, 0.3) is 5.78 Å². The van der Waals surface area contributed by atoms with Crippen LogP contribution in [-0.2, 0) is 0 Å². The Bertz CT molecular complexity index is 1140. The van der Waals surface area contributed by atoms with E-state index in [0.717, 1.165) is 16.8 Å². The maximum absolute atomic E-state index is 8.86. The number of nitrogens with zero attached hydrogens (tertiary/aromatic N) is 6. The number of fused-ring (bicyclic) bond motifs is 1. The molecule has 0 N–H and O–H groups in total. The van der Waals surface area contributed by atoms with Crippen molar-refractivity contribution in [2.45, 2.75) is 6.92 Å². The van der Waals surface area contributed by atoms with Crippen molar-refractivity contribution >= 4 is 11.6 Å². The maximum Gasteiger partial charge on any atom is 0.251 e. The van der Waals surface area contributed by atoms with Gasteiger partial charge in [-0.2, -0.15) is 5.26 Å². The highest BCUT2D eigenvalue weighted by molar-refractivity contribution is 5.77. The van der Waals surface area contributed by atoms with Gasteiger partial charge in [0.1, 0.15) is 6.54 Å². The lowest BCUT2D eigenvalue weighted by molar-refractivity contribution is 0.858. The Hall–Kier alpha value is -3.72. The Morgan fingerprint density at radius 1 is 1.07 bits per heavy atom. The molecule has 0 fully saturated rings. The van der Waals surface area contributed by atoms with Gasteiger partial charge in [-0.15, -0.1) is 5.10 Å². The molecule has 0 spiro atoms. The molecule has 4 aromatic rings. The molecule has 0 saturated heterocycles. The van der Waals surface area contributed by atoms with E-state index in [0.29, 0.717) is 11.6 Å². The van der Waals surface area contributed by atoms with Crippen LogP contribution in [0.5, 0.6) is 0 Å². The van der Waals surface area contributed by atoms with Crippen molar-refractivity contribution in [1.82, 2.24) is 19.6 Å². The summed E-state index contributed by atoms with van der Waals surface area (Å²) in [6.07, 6.45) is 3.51. The van der Waals surface area contributed by atoms with E-state index in [-0.39, 0.29) is 6.54 Å². The van der Waals surface area contributed by atoms with Crippen LogP contribution in [0.1, 0.15) is 5.56 Å². The predicted octanol–water partition coefficient (Wildman–Crippen LogP) is 3.73. The zero-order valence-electron chi connectivity index (χ0n) is 15.2. The van der Waals surface area contributed by atoms with Crippen LogP contribution >= 0.6 is 0 Å². The number of aromatic nitrogens is 4. The van der Waals surface area contributed by atoms with Gasteiger partial charge < -0.3 is 4.90 Å². The molecule has 0 bridgehead atoms. The van der Waals surface area contributed by atoms with Crippen LogP contribution in [0.3, 0.4) is 0 Å². The van der Waals surface area contributed by atoms with Crippen LogP contribution in [0, 0.1) is 18.3 Å². The second-order valence-electron chi connectivity index (χ2n) is 6.35. The van der Waals surface area contributed by atoms with E-state index >= 15 is 0 Å². The first-order chi connectivity index (χ1) is 13.2. The van der Waals surface area contributed by atoms with Gasteiger partial charge in [0, 0.05) is 12.6 Å². The summed E-state index contributed by atoms with van der Waals surface area (Å²) in [4.78, 5) is 10.8. The van der Waals surface area contributed by atoms with Gasteiger partial charge in [-0.3, -0.25) is 0 Å². The normalized spacial score (nSPS) is 10.7. The molecule has 0 unspecified atom stereocenters. The van der Waals surface area contributed by atoms with Gasteiger partial charge in [-0.05, 0) is 23.6 Å². The number of nitriles is 1. The van der Waals surface area contributed by atoms with E-state index in [4.69, 9.17) is 5.26 Å². The van der Waals surface area contributed by atoms with Crippen molar-refractivity contribution in [1.29, 1.82) is 5.26 Å². The molecular formula is C21H18N6. The zero-order valence-corrected chi connectivity index (χ0v) is 15.2. The highest BCUT2D eigenvalue weighted by atomic mass is 15.3. The van der Waals surface area contributed by atoms with E-state index in [1.54, 1.807) is 15.6 Å². The van der Waals surface area contributed by atoms with E-state index in [1.165, 1.54) is 11.1 Å². The minimum Gasteiger partial charge on any atom is -0.344 e. The fraction of sp³-hybridized carbons (Fsp3) is 0.143. The van der Waals surface area contributed by atoms with Crippen molar-refractivity contribution in [3.8, 4) is 28.5 Å². The molecule has 0 aliphatic rings. The number of rotatable bonds is 4. The Labute approximate surface area is 157 Å². The number of benzene rings is 2. The van der Waals surface area contributed by atoms with Gasteiger partial charge in [0.05, 0.1) is 24.2 Å². The Morgan fingerprint density at radius 3 is 2.63 bits per heavy atom. The molecule has 0 aliphatic heterocycles. The third kappa shape index (κ3) is 3.11. The fourth-order valence-corrected chi connectivity index (χ4v) is 3.11. The van der Waals surface area contributed by atoms with Gasteiger partial charge in [-0.25, -0.2) is 14.5 Å². The van der Waals surface area contributed by atoms with E-state index in [2.05, 4.69) is 52.3 Å². The highest BCUT2D eigenvalue weighted by Crippen LogP contribution is 2.31. The summed E-state index contributed by atoms with van der Waals surface area (Å²) in [5.41, 5.74) is 5.40. The minimum atomic E-state index is 0.250. The van der Waals surface area contributed by atoms with Crippen LogP contribution in [0.2, 0.25) is 0 Å². The third-order valence-corrected chi connectivity index (χ3v) is 4.57. The molecule has 132 valence electrons. The van der Waals surface area contributed by atoms with Gasteiger partial charge >= 0.3 is 0 Å². The first-order valence-corrected chi connectivity index (χ1v) is 8.63. The van der Waals surface area contributed by atoms with E-state index in [9.17, 15) is 0 Å². The first-order valence-electron chi connectivity index (χ1n) is 8.63. The second kappa shape index (κ2) is 6.89. The largest absolute Gasteiger partial charge is 0.344 e. The molecular weight excluding hydrogens is 336 g/mol. The van der Waals surface area contributed by atoms with Gasteiger partial charge in [-0.1, -0.05) is 48.5 Å². The standard InChI is InChI=1S/C21H18N6/c1-15-17(16-7-4-3-5-8-16)9-6-10-18(15)19-14-27-21(24-19)23-13-20(25-27)26(2)12-11-22/h3-10,13-14H,12H2,1-2H3. The molecule has 2 aromatic heterocycles. The van der Waals surface area contributed by atoms with Crippen LogP contribution in [0.4, 0.5) is 5.82 Å². The quantitative estimate of drug-likeness (QED) is 0.522. The van der Waals surface area contributed by atoms with Crippen molar-refractivity contribution in [3.05, 3.63) is 66.5 Å². The lowest BCUT2D eigenvalue weighted by Gasteiger charge is -2.12. The molecule has 0 atom stereocenters. The molecule has 0 aliphatic carbocycles. The van der Waals surface area contributed by atoms with Gasteiger partial charge in [0.15, 0.2) is 5.82 Å². The number of anilines is 1. The van der Waals surface area contributed by atoms with Gasteiger partial charge in [0.2, 0.25) is 0 Å². The summed E-state index contributed by atoms with van der Waals surface area (Å²) in [7, 11) is 1.81. The van der Waals surface area contributed by atoms with Crippen LogP contribution < -0.4 is 4.90 Å². The fourth-order valence-electron chi connectivity index (χ4n) is 3.11. The molecule has 27 heavy (non-hydrogen) atoms. The molecule has 0 amide bonds. The molecule has 0 radical (unpaired) electrons. The lowest BCUT2D eigenvalue weighted by atomic mass is 9.95. The summed E-state index contributed by atoms with van der Waals surface area (Å²) >= 11 is 0. The second-order valence-corrected chi connectivity index (χ2v) is 6.35. The third-order valence-electron chi connectivity index (χ3n) is 4.57. The highest BCUT2D eigenvalue weighted by Gasteiger charge is 2.13. The zero-order chi connectivity index (χ0) is 18.8. The average Bonchev–Trinajstić information content (AvgIpc) is 3.12. The first kappa shape index (κ1) is 16.7. The summed E-state index contributed by atoms with van der Waals surface area (Å²) in [5.74, 6) is 1.16. The molecule has 2 aromatic carbocycles. The van der Waals surface area contributed by atoms with Crippen molar-refractivity contribution in [3.63, 3.8) is 0 Å². The van der Waals surface area contributed by atoms with Crippen LogP contribution in [-0.4, -0.2) is 33.2 Å². The number of hydrogen-bond donors (Lipinski definition) is 0. The summed E-state index contributed by atoms with van der Waals surface area (Å²) in [6.45, 7) is 2.36. The SMILES string of the molecule is Cc1c(-c2ccccc2)cccc1-c1cn2nc(N(C)CC#N)cnc2n1.